The Morgan fingerprint density at radius 2 is 1.63 bits per heavy atom. The Labute approximate surface area is 126 Å². The third-order valence-electron chi connectivity index (χ3n) is 3.09. The summed E-state index contributed by atoms with van der Waals surface area (Å²) in [5, 5.41) is -0.348. The van der Waals surface area contributed by atoms with E-state index < -0.39 is 16.6 Å². The van der Waals surface area contributed by atoms with Crippen LogP contribution in [0.25, 0.3) is 0 Å². The van der Waals surface area contributed by atoms with Crippen molar-refractivity contribution in [2.24, 2.45) is 5.41 Å². The van der Waals surface area contributed by atoms with Crippen molar-refractivity contribution in [2.75, 3.05) is 0 Å². The van der Waals surface area contributed by atoms with Gasteiger partial charge in [0, 0.05) is 0 Å². The van der Waals surface area contributed by atoms with Crippen molar-refractivity contribution in [1.29, 1.82) is 0 Å². The number of halogens is 3. The zero-order chi connectivity index (χ0) is 14.6. The quantitative estimate of drug-likeness (QED) is 0.347. The van der Waals surface area contributed by atoms with Crippen LogP contribution in [0.1, 0.15) is 26.7 Å². The molecule has 1 aromatic rings. The minimum atomic E-state index is -1.37. The molecule has 6 heteroatoms. The Morgan fingerprint density at radius 1 is 1.16 bits per heavy atom. The predicted octanol–water partition coefficient (Wildman–Crippen LogP) is 4.47. The molecule has 19 heavy (non-hydrogen) atoms. The molecule has 1 rings (SSSR count). The van der Waals surface area contributed by atoms with Gasteiger partial charge in [0.05, 0.1) is 10.0 Å². The number of benzene rings is 1. The first-order valence-corrected chi connectivity index (χ1v) is 6.88. The van der Waals surface area contributed by atoms with Gasteiger partial charge in [-0.05, 0) is 36.6 Å². The summed E-state index contributed by atoms with van der Waals surface area (Å²) in [7, 11) is 0. The summed E-state index contributed by atoms with van der Waals surface area (Å²) < 4.78 is 5.18. The summed E-state index contributed by atoms with van der Waals surface area (Å²) in [4.78, 5) is 23.7. The van der Waals surface area contributed by atoms with Crippen LogP contribution in [0.15, 0.2) is 18.2 Å². The summed E-state index contributed by atoms with van der Waals surface area (Å²) in [5.74, 6) is -0.701. The lowest BCUT2D eigenvalue weighted by molar-refractivity contribution is -0.150. The molecule has 0 aliphatic heterocycles. The van der Waals surface area contributed by atoms with Crippen LogP contribution in [-0.4, -0.2) is 11.2 Å². The number of hydrogen-bond donors (Lipinski definition) is 0. The van der Waals surface area contributed by atoms with Gasteiger partial charge in [-0.15, -0.1) is 0 Å². The van der Waals surface area contributed by atoms with E-state index in [1.165, 1.54) is 12.1 Å². The summed E-state index contributed by atoms with van der Waals surface area (Å²) in [6.45, 7) is 3.39. The van der Waals surface area contributed by atoms with Gasteiger partial charge >= 0.3 is 5.97 Å². The van der Waals surface area contributed by atoms with Gasteiger partial charge in [0.25, 0.3) is 0 Å². The van der Waals surface area contributed by atoms with Crippen molar-refractivity contribution < 1.29 is 14.3 Å². The van der Waals surface area contributed by atoms with Gasteiger partial charge in [-0.3, -0.25) is 9.59 Å². The van der Waals surface area contributed by atoms with E-state index in [4.69, 9.17) is 39.5 Å². The highest BCUT2D eigenvalue weighted by Crippen LogP contribution is 2.37. The fourth-order valence-corrected chi connectivity index (χ4v) is 2.49. The molecule has 0 aliphatic rings. The highest BCUT2D eigenvalue weighted by Gasteiger charge is 2.43. The fourth-order valence-electron chi connectivity index (χ4n) is 1.67. The SMILES string of the molecule is CCC(CC)(C(=O)Cl)C(=O)Oc1c(Cl)cccc1Cl. The second-order valence-corrected chi connectivity index (χ2v) is 5.16. The Bertz CT molecular complexity index is 476. The second-order valence-electron chi connectivity index (χ2n) is 4.00. The summed E-state index contributed by atoms with van der Waals surface area (Å²) in [6, 6.07) is 4.71. The number of carbonyl (C=O) groups excluding carboxylic acids is 2. The monoisotopic (exact) mass is 322 g/mol. The van der Waals surface area contributed by atoms with E-state index in [1.807, 2.05) is 0 Å². The van der Waals surface area contributed by atoms with Gasteiger partial charge in [-0.2, -0.15) is 0 Å². The molecule has 1 aromatic carbocycles. The fraction of sp³-hybridized carbons (Fsp3) is 0.385. The van der Waals surface area contributed by atoms with Crippen LogP contribution < -0.4 is 4.74 Å². The van der Waals surface area contributed by atoms with Crippen LogP contribution in [0.5, 0.6) is 5.75 Å². The Morgan fingerprint density at radius 3 is 2.00 bits per heavy atom. The van der Waals surface area contributed by atoms with Gasteiger partial charge in [0.15, 0.2) is 5.75 Å². The van der Waals surface area contributed by atoms with Crippen LogP contribution in [0.2, 0.25) is 10.0 Å². The van der Waals surface area contributed by atoms with Crippen LogP contribution in [-0.2, 0) is 9.59 Å². The molecule has 0 fully saturated rings. The van der Waals surface area contributed by atoms with Crippen LogP contribution >= 0.6 is 34.8 Å². The Kier molecular flexibility index (Phi) is 5.65. The molecule has 0 aliphatic carbocycles. The van der Waals surface area contributed by atoms with Crippen LogP contribution in [0.3, 0.4) is 0 Å². The molecular formula is C13H13Cl3O3. The molecule has 0 unspecified atom stereocenters. The number of ether oxygens (including phenoxy) is 1. The van der Waals surface area contributed by atoms with E-state index >= 15 is 0 Å². The van der Waals surface area contributed by atoms with Gasteiger partial charge in [0.1, 0.15) is 5.41 Å². The Balaban J connectivity index is 3.11. The smallest absolute Gasteiger partial charge is 0.326 e. The van der Waals surface area contributed by atoms with Gasteiger partial charge in [-0.25, -0.2) is 0 Å². The number of carbonyl (C=O) groups is 2. The minimum Gasteiger partial charge on any atom is -0.423 e. The zero-order valence-corrected chi connectivity index (χ0v) is 12.8. The van der Waals surface area contributed by atoms with Crippen LogP contribution in [0.4, 0.5) is 0 Å². The predicted molar refractivity (Wildman–Crippen MR) is 76.0 cm³/mol. The first-order valence-electron chi connectivity index (χ1n) is 5.75. The standard InChI is InChI=1S/C13H13Cl3O3/c1-3-13(4-2,11(16)17)12(18)19-10-8(14)6-5-7-9(10)15/h5-7H,3-4H2,1-2H3. The van der Waals surface area contributed by atoms with E-state index in [-0.39, 0.29) is 28.6 Å². The van der Waals surface area contributed by atoms with Crippen molar-refractivity contribution in [2.45, 2.75) is 26.7 Å². The van der Waals surface area contributed by atoms with Gasteiger partial charge in [0.2, 0.25) is 5.24 Å². The third kappa shape index (κ3) is 3.22. The number of para-hydroxylation sites is 1. The molecule has 0 saturated heterocycles. The first-order chi connectivity index (χ1) is 8.89. The summed E-state index contributed by atoms with van der Waals surface area (Å²) in [5.41, 5.74) is -1.37. The molecule has 0 radical (unpaired) electrons. The highest BCUT2D eigenvalue weighted by molar-refractivity contribution is 6.66. The molecule has 0 saturated carbocycles. The van der Waals surface area contributed by atoms with Crippen molar-refractivity contribution in [3.05, 3.63) is 28.2 Å². The molecule has 0 bridgehead atoms. The number of hydrogen-bond acceptors (Lipinski definition) is 3. The largest absolute Gasteiger partial charge is 0.423 e. The van der Waals surface area contributed by atoms with Gasteiger partial charge < -0.3 is 4.74 Å². The average Bonchev–Trinajstić information content (AvgIpc) is 2.36. The normalized spacial score (nSPS) is 11.2. The topological polar surface area (TPSA) is 43.4 Å². The van der Waals surface area contributed by atoms with E-state index in [1.54, 1.807) is 19.9 Å². The Hall–Kier alpha value is -0.770. The summed E-state index contributed by atoms with van der Waals surface area (Å²) >= 11 is 17.4. The van der Waals surface area contributed by atoms with Crippen molar-refractivity contribution in [3.63, 3.8) is 0 Å². The van der Waals surface area contributed by atoms with E-state index in [0.717, 1.165) is 0 Å². The molecule has 0 atom stereocenters. The van der Waals surface area contributed by atoms with Crippen LogP contribution in [0, 0.1) is 5.41 Å². The average molecular weight is 324 g/mol. The number of rotatable bonds is 5. The first kappa shape index (κ1) is 16.3. The maximum Gasteiger partial charge on any atom is 0.326 e. The van der Waals surface area contributed by atoms with Crippen molar-refractivity contribution in [3.8, 4) is 5.75 Å². The molecular weight excluding hydrogens is 310 g/mol. The lowest BCUT2D eigenvalue weighted by Gasteiger charge is -2.25. The lowest BCUT2D eigenvalue weighted by Crippen LogP contribution is -2.39. The lowest BCUT2D eigenvalue weighted by atomic mass is 9.84. The van der Waals surface area contributed by atoms with Gasteiger partial charge in [-0.1, -0.05) is 43.1 Å². The highest BCUT2D eigenvalue weighted by atomic mass is 35.5. The zero-order valence-electron chi connectivity index (χ0n) is 10.5. The molecule has 0 spiro atoms. The molecule has 0 aromatic heterocycles. The molecule has 104 valence electrons. The maximum atomic E-state index is 12.2. The van der Waals surface area contributed by atoms with Crippen molar-refractivity contribution in [1.82, 2.24) is 0 Å². The molecule has 0 amide bonds. The molecule has 3 nitrogen and oxygen atoms in total. The van der Waals surface area contributed by atoms with Crippen molar-refractivity contribution >= 4 is 46.0 Å². The molecule has 0 heterocycles. The third-order valence-corrected chi connectivity index (χ3v) is 4.04. The maximum absolute atomic E-state index is 12.2. The summed E-state index contributed by atoms with van der Waals surface area (Å²) in [6.07, 6.45) is 0.486. The number of esters is 1. The second kappa shape index (κ2) is 6.60. The molecule has 0 N–H and O–H groups in total. The van der Waals surface area contributed by atoms with E-state index in [2.05, 4.69) is 0 Å². The van der Waals surface area contributed by atoms with E-state index in [9.17, 15) is 9.59 Å². The minimum absolute atomic E-state index is 0.0417. The van der Waals surface area contributed by atoms with E-state index in [0.29, 0.717) is 0 Å².